The molecule has 42 heavy (non-hydrogen) atoms. The number of rotatable bonds is 6. The van der Waals surface area contributed by atoms with Crippen molar-refractivity contribution in [2.24, 2.45) is 5.41 Å². The van der Waals surface area contributed by atoms with Crippen molar-refractivity contribution in [3.05, 3.63) is 122 Å². The number of anilines is 4. The van der Waals surface area contributed by atoms with Gasteiger partial charge in [-0.05, 0) is 60.9 Å². The average molecular weight is 551 g/mol. The van der Waals surface area contributed by atoms with Crippen LogP contribution in [0.3, 0.4) is 0 Å². The number of pyridine rings is 2. The third kappa shape index (κ3) is 3.51. The van der Waals surface area contributed by atoms with E-state index in [0.717, 1.165) is 58.4 Å². The summed E-state index contributed by atoms with van der Waals surface area (Å²) in [5.41, 5.74) is 6.42. The van der Waals surface area contributed by atoms with Crippen molar-refractivity contribution in [3.8, 4) is 22.5 Å². The minimum absolute atomic E-state index is 0.0846. The molecule has 0 aliphatic carbocycles. The van der Waals surface area contributed by atoms with Crippen molar-refractivity contribution in [3.63, 3.8) is 0 Å². The number of fused-ring (bicyclic) bond motifs is 5. The first kappa shape index (κ1) is 26.1. The molecular formula is C36H34N6. The predicted octanol–water partition coefficient (Wildman–Crippen LogP) is 8.48. The van der Waals surface area contributed by atoms with Gasteiger partial charge in [-0.1, -0.05) is 63.2 Å². The third-order valence-electron chi connectivity index (χ3n) is 9.58. The summed E-state index contributed by atoms with van der Waals surface area (Å²) in [5, 5.41) is 0. The summed E-state index contributed by atoms with van der Waals surface area (Å²) < 4.78 is 0. The number of benzene rings is 2. The number of hydrogen-bond donors (Lipinski definition) is 0. The van der Waals surface area contributed by atoms with E-state index >= 15 is 0 Å². The SMILES string of the molecule is C=CC1(CC)c2ccccc2N2c3nc(-c4cccnc4)c(-c4cccnc4)nc3N(c3ccccc3)C2C1(C)CC. The summed E-state index contributed by atoms with van der Waals surface area (Å²) in [5.74, 6) is 1.68. The van der Waals surface area contributed by atoms with E-state index in [0.29, 0.717) is 0 Å². The first-order valence-corrected chi connectivity index (χ1v) is 14.7. The Kier molecular flexibility index (Phi) is 6.15. The van der Waals surface area contributed by atoms with Gasteiger partial charge >= 0.3 is 0 Å². The molecule has 0 spiro atoms. The topological polar surface area (TPSA) is 58.0 Å². The molecule has 0 radical (unpaired) electrons. The monoisotopic (exact) mass is 550 g/mol. The Bertz CT molecular complexity index is 1760. The highest BCUT2D eigenvalue weighted by Gasteiger charge is 2.62. The van der Waals surface area contributed by atoms with Crippen molar-refractivity contribution >= 4 is 23.0 Å². The van der Waals surface area contributed by atoms with Gasteiger partial charge in [-0.2, -0.15) is 0 Å². The van der Waals surface area contributed by atoms with E-state index < -0.39 is 0 Å². The fourth-order valence-corrected chi connectivity index (χ4v) is 7.34. The number of aromatic nitrogens is 4. The number of nitrogens with zero attached hydrogens (tertiary/aromatic N) is 6. The quantitative estimate of drug-likeness (QED) is 0.198. The molecule has 6 nitrogen and oxygen atoms in total. The fraction of sp³-hybridized carbons (Fsp3) is 0.222. The maximum Gasteiger partial charge on any atom is 0.179 e. The summed E-state index contributed by atoms with van der Waals surface area (Å²) in [6.07, 6.45) is 11.3. The second kappa shape index (κ2) is 9.91. The normalized spacial score (nSPS) is 22.3. The fourth-order valence-electron chi connectivity index (χ4n) is 7.34. The van der Waals surface area contributed by atoms with E-state index in [-0.39, 0.29) is 17.0 Å². The molecule has 6 heteroatoms. The molecule has 2 aliphatic heterocycles. The molecule has 208 valence electrons. The van der Waals surface area contributed by atoms with Crippen LogP contribution in [-0.2, 0) is 5.41 Å². The standard InChI is InChI=1S/C36H34N6/c1-5-35(4)34-41(27-17-9-8-10-18-27)32-33(42(34)29-20-12-11-19-28(29)36(35,6-2)7-3)40-31(26-16-14-22-38-24-26)30(39-32)25-15-13-21-37-23-25/h6,8-24,34H,2,5,7H2,1,3-4H3. The molecule has 2 aromatic carbocycles. The molecule has 2 aliphatic rings. The first-order chi connectivity index (χ1) is 20.6. The third-order valence-corrected chi connectivity index (χ3v) is 9.58. The van der Waals surface area contributed by atoms with Crippen LogP contribution < -0.4 is 9.80 Å². The van der Waals surface area contributed by atoms with E-state index in [1.807, 2.05) is 36.7 Å². The van der Waals surface area contributed by atoms with Crippen molar-refractivity contribution in [1.29, 1.82) is 0 Å². The zero-order valence-electron chi connectivity index (χ0n) is 24.3. The van der Waals surface area contributed by atoms with E-state index in [4.69, 9.17) is 9.97 Å². The van der Waals surface area contributed by atoms with E-state index in [1.54, 1.807) is 12.4 Å². The minimum atomic E-state index is -0.257. The van der Waals surface area contributed by atoms with E-state index in [9.17, 15) is 0 Å². The summed E-state index contributed by atoms with van der Waals surface area (Å²) >= 11 is 0. The highest BCUT2D eigenvalue weighted by molar-refractivity contribution is 5.91. The largest absolute Gasteiger partial charge is 0.301 e. The van der Waals surface area contributed by atoms with Gasteiger partial charge in [-0.15, -0.1) is 6.58 Å². The Morgan fingerprint density at radius 3 is 1.88 bits per heavy atom. The van der Waals surface area contributed by atoms with Crippen molar-refractivity contribution in [1.82, 2.24) is 19.9 Å². The van der Waals surface area contributed by atoms with Crippen molar-refractivity contribution in [2.45, 2.75) is 45.2 Å². The van der Waals surface area contributed by atoms with E-state index in [1.165, 1.54) is 5.56 Å². The zero-order valence-corrected chi connectivity index (χ0v) is 24.3. The number of para-hydroxylation sites is 2. The Hall–Kier alpha value is -4.84. The summed E-state index contributed by atoms with van der Waals surface area (Å²) in [7, 11) is 0. The van der Waals surface area contributed by atoms with Crippen LogP contribution in [0.25, 0.3) is 22.5 Å². The lowest BCUT2D eigenvalue weighted by molar-refractivity contribution is 0.120. The zero-order chi connectivity index (χ0) is 28.9. The van der Waals surface area contributed by atoms with E-state index in [2.05, 4.69) is 108 Å². The van der Waals surface area contributed by atoms with Crippen LogP contribution in [-0.4, -0.2) is 26.1 Å². The highest BCUT2D eigenvalue weighted by atomic mass is 15.5. The number of hydrogen-bond acceptors (Lipinski definition) is 6. The van der Waals surface area contributed by atoms with Gasteiger partial charge in [0.2, 0.25) is 0 Å². The van der Waals surface area contributed by atoms with Gasteiger partial charge in [-0.3, -0.25) is 9.97 Å². The van der Waals surface area contributed by atoms with Crippen molar-refractivity contribution < 1.29 is 0 Å². The molecule has 3 atom stereocenters. The summed E-state index contributed by atoms with van der Waals surface area (Å²) in [6, 6.07) is 27.3. The Morgan fingerprint density at radius 1 is 0.738 bits per heavy atom. The molecule has 0 saturated heterocycles. The molecule has 0 bridgehead atoms. The molecule has 0 saturated carbocycles. The Labute approximate surface area is 247 Å². The van der Waals surface area contributed by atoms with Gasteiger partial charge in [0.25, 0.3) is 0 Å². The van der Waals surface area contributed by atoms with Crippen molar-refractivity contribution in [2.75, 3.05) is 9.80 Å². The molecule has 7 rings (SSSR count). The summed E-state index contributed by atoms with van der Waals surface area (Å²) in [6.45, 7) is 11.5. The lowest BCUT2D eigenvalue weighted by Gasteiger charge is -2.58. The highest BCUT2D eigenvalue weighted by Crippen LogP contribution is 2.64. The molecular weight excluding hydrogens is 516 g/mol. The second-order valence-electron chi connectivity index (χ2n) is 11.3. The molecule has 0 amide bonds. The maximum absolute atomic E-state index is 5.49. The first-order valence-electron chi connectivity index (χ1n) is 14.7. The van der Waals surface area contributed by atoms with Crippen LogP contribution >= 0.6 is 0 Å². The second-order valence-corrected chi connectivity index (χ2v) is 11.3. The molecule has 3 aromatic heterocycles. The van der Waals surface area contributed by atoms with Crippen LogP contribution in [0.2, 0.25) is 0 Å². The van der Waals surface area contributed by atoms with Gasteiger partial charge in [0.05, 0.1) is 0 Å². The Morgan fingerprint density at radius 2 is 1.33 bits per heavy atom. The molecule has 0 N–H and O–H groups in total. The summed E-state index contributed by atoms with van der Waals surface area (Å²) in [4.78, 5) is 24.7. The Balaban J connectivity index is 1.60. The molecule has 0 fully saturated rings. The molecule has 5 aromatic rings. The minimum Gasteiger partial charge on any atom is -0.301 e. The van der Waals surface area contributed by atoms with Crippen LogP contribution in [0.15, 0.2) is 116 Å². The number of allylic oxidation sites excluding steroid dienone is 1. The van der Waals surface area contributed by atoms with Gasteiger partial charge < -0.3 is 9.80 Å². The average Bonchev–Trinajstić information content (AvgIpc) is 3.41. The lowest BCUT2D eigenvalue weighted by atomic mass is 9.54. The van der Waals surface area contributed by atoms with Gasteiger partial charge in [0.15, 0.2) is 11.6 Å². The smallest absolute Gasteiger partial charge is 0.179 e. The van der Waals surface area contributed by atoms with Gasteiger partial charge in [0, 0.05) is 58.1 Å². The predicted molar refractivity (Wildman–Crippen MR) is 170 cm³/mol. The lowest BCUT2D eigenvalue weighted by Crippen LogP contribution is -2.62. The van der Waals surface area contributed by atoms with Crippen LogP contribution in [0.1, 0.15) is 39.2 Å². The van der Waals surface area contributed by atoms with Crippen LogP contribution in [0, 0.1) is 5.41 Å². The van der Waals surface area contributed by atoms with Gasteiger partial charge in [0.1, 0.15) is 17.6 Å². The van der Waals surface area contributed by atoms with Gasteiger partial charge in [-0.25, -0.2) is 9.97 Å². The molecule has 5 heterocycles. The van der Waals surface area contributed by atoms with Crippen LogP contribution in [0.5, 0.6) is 0 Å². The molecule has 3 unspecified atom stereocenters. The van der Waals surface area contributed by atoms with Crippen LogP contribution in [0.4, 0.5) is 23.0 Å². The maximum atomic E-state index is 5.49.